The largest absolute Gasteiger partial charge is 0.491 e. The van der Waals surface area contributed by atoms with Crippen molar-refractivity contribution in [1.29, 1.82) is 0 Å². The van der Waals surface area contributed by atoms with E-state index in [1.165, 1.54) is 0 Å². The molecule has 1 saturated carbocycles. The number of benzene rings is 1. The van der Waals surface area contributed by atoms with Gasteiger partial charge in [-0.1, -0.05) is 18.2 Å². The molecule has 24 heavy (non-hydrogen) atoms. The molecule has 1 aromatic rings. The number of carboxylic acid groups (broad SMARTS) is 1. The molecule has 0 radical (unpaired) electrons. The van der Waals surface area contributed by atoms with Crippen LogP contribution >= 0.6 is 0 Å². The van der Waals surface area contributed by atoms with Crippen LogP contribution < -0.4 is 10.1 Å². The van der Waals surface area contributed by atoms with Gasteiger partial charge in [-0.05, 0) is 44.2 Å². The third-order valence-electron chi connectivity index (χ3n) is 4.53. The van der Waals surface area contributed by atoms with Gasteiger partial charge in [0.2, 0.25) is 0 Å². The number of rotatable bonds is 6. The van der Waals surface area contributed by atoms with E-state index in [1.807, 2.05) is 31.2 Å². The molecule has 132 valence electrons. The number of nitrogens with one attached hydrogen (secondary N) is 1. The van der Waals surface area contributed by atoms with Crippen molar-refractivity contribution in [1.82, 2.24) is 10.2 Å². The number of carbonyl (C=O) groups excluding carboxylic acids is 1. The Morgan fingerprint density at radius 1 is 1.25 bits per heavy atom. The van der Waals surface area contributed by atoms with Gasteiger partial charge in [-0.3, -0.25) is 4.79 Å². The van der Waals surface area contributed by atoms with Gasteiger partial charge in [0.15, 0.2) is 0 Å². The smallest absolute Gasteiger partial charge is 0.317 e. The molecule has 1 aliphatic rings. The molecule has 0 heterocycles. The standard InChI is InChI=1S/C18H26N2O4/c1-13-5-3-4-6-16(13)24-12-11-20(2)18(23)19-15-9-7-14(8-10-15)17(21)22/h3-6,14-15H,7-12H2,1-2H3,(H,19,23)(H,21,22). The third kappa shape index (κ3) is 5.15. The van der Waals surface area contributed by atoms with Crippen molar-refractivity contribution in [3.05, 3.63) is 29.8 Å². The van der Waals surface area contributed by atoms with Crippen LogP contribution in [0.5, 0.6) is 5.75 Å². The van der Waals surface area contributed by atoms with E-state index >= 15 is 0 Å². The van der Waals surface area contributed by atoms with E-state index in [-0.39, 0.29) is 18.0 Å². The number of amides is 2. The molecule has 2 amide bonds. The van der Waals surface area contributed by atoms with Crippen molar-refractivity contribution in [2.45, 2.75) is 38.6 Å². The molecular weight excluding hydrogens is 308 g/mol. The Morgan fingerprint density at radius 2 is 1.92 bits per heavy atom. The maximum atomic E-state index is 12.2. The summed E-state index contributed by atoms with van der Waals surface area (Å²) < 4.78 is 5.70. The molecule has 1 aliphatic carbocycles. The number of para-hydroxylation sites is 1. The normalized spacial score (nSPS) is 20.2. The third-order valence-corrected chi connectivity index (χ3v) is 4.53. The Morgan fingerprint density at radius 3 is 2.54 bits per heavy atom. The fraction of sp³-hybridized carbons (Fsp3) is 0.556. The monoisotopic (exact) mass is 334 g/mol. The zero-order valence-corrected chi connectivity index (χ0v) is 14.3. The molecule has 1 fully saturated rings. The van der Waals surface area contributed by atoms with E-state index in [1.54, 1.807) is 11.9 Å². The number of hydrogen-bond donors (Lipinski definition) is 2. The van der Waals surface area contributed by atoms with Gasteiger partial charge < -0.3 is 20.1 Å². The predicted molar refractivity (Wildman–Crippen MR) is 91.2 cm³/mol. The first-order chi connectivity index (χ1) is 11.5. The summed E-state index contributed by atoms with van der Waals surface area (Å²) >= 11 is 0. The second-order valence-corrected chi connectivity index (χ2v) is 6.37. The van der Waals surface area contributed by atoms with Gasteiger partial charge in [-0.2, -0.15) is 0 Å². The lowest BCUT2D eigenvalue weighted by molar-refractivity contribution is -0.142. The minimum Gasteiger partial charge on any atom is -0.491 e. The highest BCUT2D eigenvalue weighted by Gasteiger charge is 2.27. The number of carboxylic acids is 1. The minimum absolute atomic E-state index is 0.0628. The first-order valence-corrected chi connectivity index (χ1v) is 8.40. The lowest BCUT2D eigenvalue weighted by Gasteiger charge is -2.28. The molecule has 0 unspecified atom stereocenters. The van der Waals surface area contributed by atoms with Gasteiger partial charge in [0.25, 0.3) is 0 Å². The molecule has 6 nitrogen and oxygen atoms in total. The van der Waals surface area contributed by atoms with Crippen LogP contribution in [0.15, 0.2) is 24.3 Å². The molecule has 1 aromatic carbocycles. The Bertz CT molecular complexity index is 568. The van der Waals surface area contributed by atoms with Crippen LogP contribution in [-0.4, -0.2) is 48.2 Å². The number of nitrogens with zero attached hydrogens (tertiary/aromatic N) is 1. The highest BCUT2D eigenvalue weighted by molar-refractivity contribution is 5.74. The second-order valence-electron chi connectivity index (χ2n) is 6.37. The number of aryl methyl sites for hydroxylation is 1. The summed E-state index contributed by atoms with van der Waals surface area (Å²) in [6.45, 7) is 2.91. The summed E-state index contributed by atoms with van der Waals surface area (Å²) in [6, 6.07) is 7.71. The molecule has 6 heteroatoms. The van der Waals surface area contributed by atoms with E-state index in [0.29, 0.717) is 26.0 Å². The average molecular weight is 334 g/mol. The van der Waals surface area contributed by atoms with Crippen LogP contribution in [0.2, 0.25) is 0 Å². The first kappa shape index (κ1) is 18.1. The van der Waals surface area contributed by atoms with Crippen molar-refractivity contribution < 1.29 is 19.4 Å². The SMILES string of the molecule is Cc1ccccc1OCCN(C)C(=O)NC1CCC(C(=O)O)CC1. The van der Waals surface area contributed by atoms with Crippen LogP contribution in [0, 0.1) is 12.8 Å². The highest BCUT2D eigenvalue weighted by atomic mass is 16.5. The summed E-state index contributed by atoms with van der Waals surface area (Å²) in [4.78, 5) is 24.7. The minimum atomic E-state index is -0.731. The molecule has 0 atom stereocenters. The summed E-state index contributed by atoms with van der Waals surface area (Å²) in [5.74, 6) is -0.165. The summed E-state index contributed by atoms with van der Waals surface area (Å²) in [7, 11) is 1.74. The lowest BCUT2D eigenvalue weighted by atomic mass is 9.86. The van der Waals surface area contributed by atoms with Gasteiger partial charge >= 0.3 is 12.0 Å². The Balaban J connectivity index is 1.69. The van der Waals surface area contributed by atoms with E-state index in [0.717, 1.165) is 24.2 Å². The zero-order valence-electron chi connectivity index (χ0n) is 14.3. The number of carbonyl (C=O) groups is 2. The topological polar surface area (TPSA) is 78.9 Å². The molecule has 0 saturated heterocycles. The van der Waals surface area contributed by atoms with Gasteiger partial charge in [-0.15, -0.1) is 0 Å². The second kappa shape index (κ2) is 8.57. The van der Waals surface area contributed by atoms with Crippen molar-refractivity contribution >= 4 is 12.0 Å². The van der Waals surface area contributed by atoms with E-state index in [9.17, 15) is 9.59 Å². The fourth-order valence-corrected chi connectivity index (χ4v) is 2.88. The predicted octanol–water partition coefficient (Wildman–Crippen LogP) is 2.66. The van der Waals surface area contributed by atoms with Crippen molar-refractivity contribution in [2.24, 2.45) is 5.92 Å². The molecule has 0 aromatic heterocycles. The summed E-state index contributed by atoms with van der Waals surface area (Å²) in [5, 5.41) is 12.0. The number of hydrogen-bond acceptors (Lipinski definition) is 3. The van der Waals surface area contributed by atoms with Crippen molar-refractivity contribution in [3.63, 3.8) is 0 Å². The van der Waals surface area contributed by atoms with Gasteiger partial charge in [0.1, 0.15) is 12.4 Å². The highest BCUT2D eigenvalue weighted by Crippen LogP contribution is 2.24. The fourth-order valence-electron chi connectivity index (χ4n) is 2.88. The van der Waals surface area contributed by atoms with Crippen LogP contribution in [0.3, 0.4) is 0 Å². The molecule has 2 N–H and O–H groups in total. The number of ether oxygens (including phenoxy) is 1. The van der Waals surface area contributed by atoms with Crippen LogP contribution in [0.1, 0.15) is 31.2 Å². The zero-order chi connectivity index (χ0) is 17.5. The maximum Gasteiger partial charge on any atom is 0.317 e. The molecule has 0 aliphatic heterocycles. The number of aliphatic carboxylic acids is 1. The maximum absolute atomic E-state index is 12.2. The Kier molecular flexibility index (Phi) is 6.46. The van der Waals surface area contributed by atoms with E-state index < -0.39 is 5.97 Å². The average Bonchev–Trinajstić information content (AvgIpc) is 2.57. The molecule has 2 rings (SSSR count). The molecular formula is C18H26N2O4. The first-order valence-electron chi connectivity index (χ1n) is 8.40. The Hall–Kier alpha value is -2.24. The van der Waals surface area contributed by atoms with Crippen LogP contribution in [0.25, 0.3) is 0 Å². The summed E-state index contributed by atoms with van der Waals surface area (Å²) in [6.07, 6.45) is 2.69. The van der Waals surface area contributed by atoms with Gasteiger partial charge in [0.05, 0.1) is 12.5 Å². The molecule has 0 spiro atoms. The number of likely N-dealkylation sites (N-methyl/N-ethyl adjacent to an activating group) is 1. The van der Waals surface area contributed by atoms with Gasteiger partial charge in [-0.25, -0.2) is 4.79 Å². The van der Waals surface area contributed by atoms with Crippen LogP contribution in [0.4, 0.5) is 4.79 Å². The Labute approximate surface area is 142 Å². The van der Waals surface area contributed by atoms with Gasteiger partial charge in [0, 0.05) is 13.1 Å². The summed E-state index contributed by atoms with van der Waals surface area (Å²) in [5.41, 5.74) is 1.07. The quantitative estimate of drug-likeness (QED) is 0.838. The van der Waals surface area contributed by atoms with E-state index in [4.69, 9.17) is 9.84 Å². The molecule has 0 bridgehead atoms. The van der Waals surface area contributed by atoms with Crippen molar-refractivity contribution in [2.75, 3.05) is 20.2 Å². The van der Waals surface area contributed by atoms with E-state index in [2.05, 4.69) is 5.32 Å². The lowest BCUT2D eigenvalue weighted by Crippen LogP contribution is -2.45. The van der Waals surface area contributed by atoms with Crippen molar-refractivity contribution in [3.8, 4) is 5.75 Å². The number of urea groups is 1. The van der Waals surface area contributed by atoms with Crippen LogP contribution in [-0.2, 0) is 4.79 Å².